The Balaban J connectivity index is 2.16. The third-order valence-electron chi connectivity index (χ3n) is 3.25. The van der Waals surface area contributed by atoms with Crippen molar-refractivity contribution in [3.05, 3.63) is 62.7 Å². The van der Waals surface area contributed by atoms with Crippen molar-refractivity contribution in [3.8, 4) is 0 Å². The van der Waals surface area contributed by atoms with E-state index in [2.05, 4.69) is 10.3 Å². The van der Waals surface area contributed by atoms with E-state index in [9.17, 15) is 9.59 Å². The first-order valence-electron chi connectivity index (χ1n) is 6.40. The molecule has 0 unspecified atom stereocenters. The molecule has 0 aliphatic heterocycles. The van der Waals surface area contributed by atoms with Crippen LogP contribution in [0.5, 0.6) is 0 Å². The predicted octanol–water partition coefficient (Wildman–Crippen LogP) is 0.330. The van der Waals surface area contributed by atoms with Crippen molar-refractivity contribution >= 4 is 0 Å². The van der Waals surface area contributed by atoms with Crippen LogP contribution in [0, 0.1) is 0 Å². The largest absolute Gasteiger partial charge is 0.330 e. The molecule has 2 aromatic heterocycles. The van der Waals surface area contributed by atoms with Crippen molar-refractivity contribution in [2.24, 2.45) is 14.1 Å². The van der Waals surface area contributed by atoms with Crippen LogP contribution in [0.3, 0.4) is 0 Å². The fraction of sp³-hybridized carbons (Fsp3) is 0.357. The summed E-state index contributed by atoms with van der Waals surface area (Å²) in [6.45, 7) is 2.37. The Bertz CT molecular complexity index is 703. The van der Waals surface area contributed by atoms with Crippen LogP contribution in [0.1, 0.15) is 24.2 Å². The Kier molecular flexibility index (Phi) is 4.14. The molecule has 2 aromatic rings. The van der Waals surface area contributed by atoms with E-state index in [-0.39, 0.29) is 17.3 Å². The van der Waals surface area contributed by atoms with Crippen LogP contribution in [0.2, 0.25) is 0 Å². The Morgan fingerprint density at radius 1 is 1.30 bits per heavy atom. The lowest BCUT2D eigenvalue weighted by atomic mass is 10.2. The highest BCUT2D eigenvalue weighted by Gasteiger charge is 2.10. The molecule has 6 nitrogen and oxygen atoms in total. The maximum Gasteiger partial charge on any atom is 0.330 e. The number of pyridine rings is 1. The molecular weight excluding hydrogens is 256 g/mol. The molecule has 1 atom stereocenters. The van der Waals surface area contributed by atoms with E-state index in [0.717, 1.165) is 10.3 Å². The summed E-state index contributed by atoms with van der Waals surface area (Å²) in [6.07, 6.45) is 3.31. The zero-order valence-electron chi connectivity index (χ0n) is 11.8. The molecule has 0 aliphatic carbocycles. The number of aryl methyl sites for hydroxylation is 1. The minimum Gasteiger partial charge on any atom is -0.304 e. The summed E-state index contributed by atoms with van der Waals surface area (Å²) in [4.78, 5) is 27.8. The van der Waals surface area contributed by atoms with Gasteiger partial charge in [0.25, 0.3) is 5.56 Å². The van der Waals surface area contributed by atoms with Crippen LogP contribution in [0.15, 0.2) is 40.2 Å². The third kappa shape index (κ3) is 2.85. The summed E-state index contributed by atoms with van der Waals surface area (Å²) in [5.74, 6) is 0. The lowest BCUT2D eigenvalue weighted by Crippen LogP contribution is -2.39. The predicted molar refractivity (Wildman–Crippen MR) is 76.4 cm³/mol. The summed E-state index contributed by atoms with van der Waals surface area (Å²) < 4.78 is 2.52. The van der Waals surface area contributed by atoms with Gasteiger partial charge in [-0.2, -0.15) is 0 Å². The molecule has 106 valence electrons. The molecule has 2 rings (SSSR count). The maximum absolute atomic E-state index is 12.0. The minimum absolute atomic E-state index is 0.0261. The van der Waals surface area contributed by atoms with Gasteiger partial charge in [-0.3, -0.25) is 14.3 Å². The zero-order chi connectivity index (χ0) is 14.7. The van der Waals surface area contributed by atoms with E-state index < -0.39 is 0 Å². The Labute approximate surface area is 116 Å². The van der Waals surface area contributed by atoms with Crippen molar-refractivity contribution in [2.45, 2.75) is 19.5 Å². The van der Waals surface area contributed by atoms with Gasteiger partial charge in [-0.15, -0.1) is 0 Å². The van der Waals surface area contributed by atoms with E-state index >= 15 is 0 Å². The summed E-state index contributed by atoms with van der Waals surface area (Å²) in [5.41, 5.74) is 0.872. The van der Waals surface area contributed by atoms with Crippen molar-refractivity contribution in [2.75, 3.05) is 0 Å². The molecule has 0 aromatic carbocycles. The zero-order valence-corrected chi connectivity index (χ0v) is 11.8. The number of rotatable bonds is 4. The van der Waals surface area contributed by atoms with Crippen LogP contribution in [0.25, 0.3) is 0 Å². The molecule has 0 saturated carbocycles. The van der Waals surface area contributed by atoms with Crippen LogP contribution in [-0.2, 0) is 20.6 Å². The maximum atomic E-state index is 12.0. The summed E-state index contributed by atoms with van der Waals surface area (Å²) in [5, 5.41) is 3.24. The molecule has 0 aliphatic rings. The average molecular weight is 274 g/mol. The van der Waals surface area contributed by atoms with E-state index in [4.69, 9.17) is 0 Å². The summed E-state index contributed by atoms with van der Waals surface area (Å²) >= 11 is 0. The number of hydrogen-bond acceptors (Lipinski definition) is 4. The standard InChI is InChI=1S/C14H18N4O2/c1-10(12-6-4-5-7-15-12)16-8-11-9-17(2)14(20)18(3)13(11)19/h4-7,9-10,16H,8H2,1-3H3/t10-/m0/s1. The molecule has 0 bridgehead atoms. The average Bonchev–Trinajstić information content (AvgIpc) is 2.48. The van der Waals surface area contributed by atoms with Crippen LogP contribution < -0.4 is 16.6 Å². The van der Waals surface area contributed by atoms with Crippen LogP contribution >= 0.6 is 0 Å². The first kappa shape index (κ1) is 14.2. The Morgan fingerprint density at radius 3 is 2.70 bits per heavy atom. The summed E-state index contributed by atoms with van der Waals surface area (Å²) in [6, 6.07) is 5.74. The second-order valence-electron chi connectivity index (χ2n) is 4.77. The number of aromatic nitrogens is 3. The number of nitrogens with zero attached hydrogens (tertiary/aromatic N) is 3. The quantitative estimate of drug-likeness (QED) is 0.872. The highest BCUT2D eigenvalue weighted by molar-refractivity contribution is 5.10. The van der Waals surface area contributed by atoms with Gasteiger partial charge in [-0.25, -0.2) is 4.79 Å². The van der Waals surface area contributed by atoms with Gasteiger partial charge in [-0.1, -0.05) is 6.07 Å². The highest BCUT2D eigenvalue weighted by Crippen LogP contribution is 2.08. The van der Waals surface area contributed by atoms with Gasteiger partial charge in [-0.05, 0) is 19.1 Å². The molecule has 0 radical (unpaired) electrons. The topological polar surface area (TPSA) is 68.9 Å². The molecule has 1 N–H and O–H groups in total. The highest BCUT2D eigenvalue weighted by atomic mass is 16.2. The van der Waals surface area contributed by atoms with E-state index in [0.29, 0.717) is 12.1 Å². The number of hydrogen-bond donors (Lipinski definition) is 1. The monoisotopic (exact) mass is 274 g/mol. The fourth-order valence-electron chi connectivity index (χ4n) is 2.00. The molecule has 0 fully saturated rings. The van der Waals surface area contributed by atoms with Gasteiger partial charge in [0.1, 0.15) is 0 Å². The minimum atomic E-state index is -0.323. The fourth-order valence-corrected chi connectivity index (χ4v) is 2.00. The molecular formula is C14H18N4O2. The molecule has 2 heterocycles. The second kappa shape index (κ2) is 5.83. The summed E-state index contributed by atoms with van der Waals surface area (Å²) in [7, 11) is 3.11. The van der Waals surface area contributed by atoms with Crippen molar-refractivity contribution in [1.29, 1.82) is 0 Å². The van der Waals surface area contributed by atoms with Gasteiger partial charge >= 0.3 is 5.69 Å². The van der Waals surface area contributed by atoms with Gasteiger partial charge in [0, 0.05) is 44.6 Å². The van der Waals surface area contributed by atoms with Crippen molar-refractivity contribution < 1.29 is 0 Å². The van der Waals surface area contributed by atoms with Crippen molar-refractivity contribution in [3.63, 3.8) is 0 Å². The first-order chi connectivity index (χ1) is 9.50. The van der Waals surface area contributed by atoms with Gasteiger partial charge in [0.2, 0.25) is 0 Å². The van der Waals surface area contributed by atoms with E-state index in [1.165, 1.54) is 11.6 Å². The molecule has 0 spiro atoms. The van der Waals surface area contributed by atoms with Crippen molar-refractivity contribution in [1.82, 2.24) is 19.4 Å². The van der Waals surface area contributed by atoms with Gasteiger partial charge in [0.05, 0.1) is 5.69 Å². The SMILES string of the molecule is C[C@H](NCc1cn(C)c(=O)n(C)c1=O)c1ccccn1. The Hall–Kier alpha value is -2.21. The van der Waals surface area contributed by atoms with E-state index in [1.54, 1.807) is 19.4 Å². The normalized spacial score (nSPS) is 12.3. The van der Waals surface area contributed by atoms with Crippen LogP contribution in [-0.4, -0.2) is 14.1 Å². The smallest absolute Gasteiger partial charge is 0.304 e. The first-order valence-corrected chi connectivity index (χ1v) is 6.40. The molecule has 20 heavy (non-hydrogen) atoms. The van der Waals surface area contributed by atoms with Gasteiger partial charge in [0.15, 0.2) is 0 Å². The second-order valence-corrected chi connectivity index (χ2v) is 4.77. The Morgan fingerprint density at radius 2 is 2.05 bits per heavy atom. The molecule has 6 heteroatoms. The number of nitrogens with one attached hydrogen (secondary N) is 1. The van der Waals surface area contributed by atoms with Gasteiger partial charge < -0.3 is 9.88 Å². The lowest BCUT2D eigenvalue weighted by Gasteiger charge is -2.13. The van der Waals surface area contributed by atoms with E-state index in [1.807, 2.05) is 25.1 Å². The lowest BCUT2D eigenvalue weighted by molar-refractivity contribution is 0.548. The third-order valence-corrected chi connectivity index (χ3v) is 3.25. The molecule has 0 amide bonds. The van der Waals surface area contributed by atoms with Crippen LogP contribution in [0.4, 0.5) is 0 Å². The molecule has 0 saturated heterocycles.